The van der Waals surface area contributed by atoms with Crippen molar-refractivity contribution >= 4 is 5.97 Å². The fourth-order valence-corrected chi connectivity index (χ4v) is 2.11. The number of unbranched alkanes of at least 4 members (excludes halogenated alkanes) is 8. The summed E-state index contributed by atoms with van der Waals surface area (Å²) in [5.41, 5.74) is 0. The summed E-state index contributed by atoms with van der Waals surface area (Å²) in [7, 11) is 0. The number of carbonyl (C=O) groups is 1. The zero-order valence-corrected chi connectivity index (χ0v) is 12.9. The van der Waals surface area contributed by atoms with Crippen LogP contribution < -0.4 is 0 Å². The first-order chi connectivity index (χ1) is 9.18. The minimum Gasteiger partial charge on any atom is -0.481 e. The Morgan fingerprint density at radius 3 is 2.05 bits per heavy atom. The summed E-state index contributed by atoms with van der Waals surface area (Å²) in [6.45, 7) is 4.04. The summed E-state index contributed by atoms with van der Waals surface area (Å²) in [6.07, 6.45) is 18.0. The van der Waals surface area contributed by atoms with Crippen LogP contribution in [0.4, 0.5) is 0 Å². The normalized spacial score (nSPS) is 12.9. The number of carboxylic acids is 1. The van der Waals surface area contributed by atoms with Gasteiger partial charge in [0.25, 0.3) is 0 Å². The van der Waals surface area contributed by atoms with Crippen molar-refractivity contribution in [2.75, 3.05) is 0 Å². The molecule has 0 aromatic heterocycles. The van der Waals surface area contributed by atoms with Crippen LogP contribution in [0.1, 0.15) is 84.5 Å². The van der Waals surface area contributed by atoms with E-state index in [1.54, 1.807) is 6.92 Å². The third kappa shape index (κ3) is 13.4. The van der Waals surface area contributed by atoms with Gasteiger partial charge in [-0.1, -0.05) is 64.5 Å². The molecule has 0 saturated carbocycles. The van der Waals surface area contributed by atoms with E-state index < -0.39 is 5.97 Å². The average molecular weight is 268 g/mol. The van der Waals surface area contributed by atoms with Gasteiger partial charge in [0, 0.05) is 0 Å². The van der Waals surface area contributed by atoms with E-state index in [-0.39, 0.29) is 5.92 Å². The van der Waals surface area contributed by atoms with E-state index in [1.165, 1.54) is 44.9 Å². The van der Waals surface area contributed by atoms with Gasteiger partial charge in [-0.25, -0.2) is 0 Å². The molecule has 0 aliphatic carbocycles. The molecule has 19 heavy (non-hydrogen) atoms. The third-order valence-corrected chi connectivity index (χ3v) is 3.57. The smallest absolute Gasteiger partial charge is 0.306 e. The zero-order chi connectivity index (χ0) is 14.3. The fourth-order valence-electron chi connectivity index (χ4n) is 2.11. The topological polar surface area (TPSA) is 37.3 Å². The van der Waals surface area contributed by atoms with Gasteiger partial charge in [-0.3, -0.25) is 4.79 Å². The van der Waals surface area contributed by atoms with Crippen molar-refractivity contribution < 1.29 is 9.90 Å². The van der Waals surface area contributed by atoms with Crippen LogP contribution in [-0.2, 0) is 4.79 Å². The van der Waals surface area contributed by atoms with Crippen LogP contribution in [0.25, 0.3) is 0 Å². The van der Waals surface area contributed by atoms with E-state index in [2.05, 4.69) is 19.1 Å². The van der Waals surface area contributed by atoms with Crippen LogP contribution >= 0.6 is 0 Å². The molecule has 1 N–H and O–H groups in total. The maximum Gasteiger partial charge on any atom is 0.306 e. The molecular weight excluding hydrogens is 236 g/mol. The average Bonchev–Trinajstić information content (AvgIpc) is 2.39. The van der Waals surface area contributed by atoms with Gasteiger partial charge in [0.15, 0.2) is 0 Å². The largest absolute Gasteiger partial charge is 0.481 e. The van der Waals surface area contributed by atoms with Gasteiger partial charge >= 0.3 is 5.97 Å². The van der Waals surface area contributed by atoms with Gasteiger partial charge in [-0.05, 0) is 32.1 Å². The standard InChI is InChI=1S/C17H32O2/c1-3-4-5-6-7-8-9-10-11-12-13-14-15-16(2)17(18)19/h10-11,16H,3-9,12-15H2,1-2H3,(H,18,19). The predicted molar refractivity (Wildman–Crippen MR) is 82.4 cm³/mol. The highest BCUT2D eigenvalue weighted by Gasteiger charge is 2.08. The van der Waals surface area contributed by atoms with E-state index in [0.29, 0.717) is 0 Å². The lowest BCUT2D eigenvalue weighted by Gasteiger charge is -2.03. The molecule has 0 aliphatic heterocycles. The molecule has 1 unspecified atom stereocenters. The van der Waals surface area contributed by atoms with Crippen LogP contribution in [0.3, 0.4) is 0 Å². The summed E-state index contributed by atoms with van der Waals surface area (Å²) in [5.74, 6) is -0.856. The van der Waals surface area contributed by atoms with Crippen LogP contribution in [0.5, 0.6) is 0 Å². The Bertz CT molecular complexity index is 233. The second-order valence-corrected chi connectivity index (χ2v) is 5.55. The first-order valence-electron chi connectivity index (χ1n) is 8.06. The molecule has 0 aromatic carbocycles. The van der Waals surface area contributed by atoms with E-state index in [0.717, 1.165) is 25.7 Å². The molecule has 112 valence electrons. The van der Waals surface area contributed by atoms with Gasteiger partial charge in [0.05, 0.1) is 5.92 Å². The molecular formula is C17H32O2. The quantitative estimate of drug-likeness (QED) is 0.350. The van der Waals surface area contributed by atoms with E-state index in [1.807, 2.05) is 0 Å². The number of hydrogen-bond acceptors (Lipinski definition) is 1. The Morgan fingerprint density at radius 1 is 0.947 bits per heavy atom. The number of hydrogen-bond donors (Lipinski definition) is 1. The second-order valence-electron chi connectivity index (χ2n) is 5.55. The zero-order valence-electron chi connectivity index (χ0n) is 12.9. The monoisotopic (exact) mass is 268 g/mol. The maximum atomic E-state index is 10.6. The summed E-state index contributed by atoms with van der Waals surface area (Å²) >= 11 is 0. The van der Waals surface area contributed by atoms with Crippen molar-refractivity contribution in [3.8, 4) is 0 Å². The molecule has 0 spiro atoms. The number of carboxylic acid groups (broad SMARTS) is 1. The molecule has 0 amide bonds. The summed E-state index contributed by atoms with van der Waals surface area (Å²) in [4.78, 5) is 10.6. The molecule has 0 rings (SSSR count). The van der Waals surface area contributed by atoms with Gasteiger partial charge in [-0.2, -0.15) is 0 Å². The minimum absolute atomic E-state index is 0.188. The van der Waals surface area contributed by atoms with Gasteiger partial charge < -0.3 is 5.11 Å². The molecule has 0 radical (unpaired) electrons. The highest BCUT2D eigenvalue weighted by Crippen LogP contribution is 2.10. The first kappa shape index (κ1) is 18.2. The van der Waals surface area contributed by atoms with Gasteiger partial charge in [-0.15, -0.1) is 0 Å². The van der Waals surface area contributed by atoms with E-state index in [4.69, 9.17) is 5.11 Å². The van der Waals surface area contributed by atoms with Crippen LogP contribution in [0.15, 0.2) is 12.2 Å². The molecule has 0 bridgehead atoms. The molecule has 0 aliphatic rings. The number of allylic oxidation sites excluding steroid dienone is 2. The Hall–Kier alpha value is -0.790. The molecule has 0 fully saturated rings. The highest BCUT2D eigenvalue weighted by molar-refractivity contribution is 5.69. The van der Waals surface area contributed by atoms with Crippen LogP contribution in [-0.4, -0.2) is 11.1 Å². The second kappa shape index (κ2) is 13.6. The summed E-state index contributed by atoms with van der Waals surface area (Å²) in [6, 6.07) is 0. The molecule has 0 aromatic rings. The molecule has 2 nitrogen and oxygen atoms in total. The lowest BCUT2D eigenvalue weighted by Crippen LogP contribution is -2.08. The van der Waals surface area contributed by atoms with Crippen LogP contribution in [0.2, 0.25) is 0 Å². The highest BCUT2D eigenvalue weighted by atomic mass is 16.4. The summed E-state index contributed by atoms with van der Waals surface area (Å²) < 4.78 is 0. The van der Waals surface area contributed by atoms with Crippen molar-refractivity contribution in [2.45, 2.75) is 84.5 Å². The predicted octanol–water partition coefficient (Wildman–Crippen LogP) is 5.57. The third-order valence-electron chi connectivity index (χ3n) is 3.57. The van der Waals surface area contributed by atoms with E-state index in [9.17, 15) is 4.79 Å². The molecule has 2 heteroatoms. The van der Waals surface area contributed by atoms with Crippen molar-refractivity contribution in [1.82, 2.24) is 0 Å². The van der Waals surface area contributed by atoms with Crippen LogP contribution in [0, 0.1) is 5.92 Å². The number of aliphatic carboxylic acids is 1. The minimum atomic E-state index is -0.668. The SMILES string of the molecule is CCCCCCCCC=CCCCCC(C)C(=O)O. The van der Waals surface area contributed by atoms with Crippen molar-refractivity contribution in [2.24, 2.45) is 5.92 Å². The fraction of sp³-hybridized carbons (Fsp3) is 0.824. The molecule has 0 heterocycles. The van der Waals surface area contributed by atoms with E-state index >= 15 is 0 Å². The molecule has 1 atom stereocenters. The Morgan fingerprint density at radius 2 is 1.47 bits per heavy atom. The summed E-state index contributed by atoms with van der Waals surface area (Å²) in [5, 5.41) is 8.75. The molecule has 0 saturated heterocycles. The van der Waals surface area contributed by atoms with Gasteiger partial charge in [0.2, 0.25) is 0 Å². The lowest BCUT2D eigenvalue weighted by molar-refractivity contribution is -0.141. The Kier molecular flexibility index (Phi) is 13.1. The number of rotatable bonds is 13. The maximum absolute atomic E-state index is 10.6. The lowest BCUT2D eigenvalue weighted by atomic mass is 10.0. The first-order valence-corrected chi connectivity index (χ1v) is 8.06. The Labute approximate surface area is 119 Å². The van der Waals surface area contributed by atoms with Crippen molar-refractivity contribution in [3.05, 3.63) is 12.2 Å². The van der Waals surface area contributed by atoms with Crippen molar-refractivity contribution in [3.63, 3.8) is 0 Å². The Balaban J connectivity index is 3.19. The van der Waals surface area contributed by atoms with Gasteiger partial charge in [0.1, 0.15) is 0 Å². The van der Waals surface area contributed by atoms with Crippen molar-refractivity contribution in [1.29, 1.82) is 0 Å².